The molecule has 0 bridgehead atoms. The fraction of sp³-hybridized carbons (Fsp3) is 0.273. The third-order valence-electron chi connectivity index (χ3n) is 2.17. The first-order valence-corrected chi connectivity index (χ1v) is 5.93. The Kier molecular flexibility index (Phi) is 4.96. The number of methoxy groups -OCH3 is 1. The molecule has 6 nitrogen and oxygen atoms in total. The number of halogens is 1. The summed E-state index contributed by atoms with van der Waals surface area (Å²) in [5.74, 6) is 0.198. The van der Waals surface area contributed by atoms with Crippen molar-refractivity contribution in [2.75, 3.05) is 12.4 Å². The number of anilines is 1. The Hall–Kier alpha value is -1.76. The van der Waals surface area contributed by atoms with E-state index in [-0.39, 0.29) is 0 Å². The second kappa shape index (κ2) is 6.25. The first kappa shape index (κ1) is 14.3. The monoisotopic (exact) mass is 315 g/mol. The van der Waals surface area contributed by atoms with Crippen LogP contribution in [0.5, 0.6) is 5.75 Å². The highest BCUT2D eigenvalue weighted by Gasteiger charge is 2.14. The minimum absolute atomic E-state index is 0.491. The molecule has 4 N–H and O–H groups in total. The summed E-state index contributed by atoms with van der Waals surface area (Å²) in [7, 11) is 1.57. The maximum absolute atomic E-state index is 11.5. The highest BCUT2D eigenvalue weighted by Crippen LogP contribution is 2.27. The van der Waals surface area contributed by atoms with Crippen molar-refractivity contribution in [1.82, 2.24) is 5.32 Å². The standard InChI is InChI=1S/C11H14BrN3O3/c1-6(10(16)15-11(13)17)14-7-3-4-9(18-2)8(12)5-7/h3-6,14H,1-2H3,(H3,13,15,16,17). The van der Waals surface area contributed by atoms with Gasteiger partial charge >= 0.3 is 6.03 Å². The maximum Gasteiger partial charge on any atom is 0.318 e. The van der Waals surface area contributed by atoms with E-state index in [1.165, 1.54) is 0 Å². The molecular weight excluding hydrogens is 302 g/mol. The van der Waals surface area contributed by atoms with Crippen molar-refractivity contribution < 1.29 is 14.3 Å². The number of nitrogens with two attached hydrogens (primary N) is 1. The van der Waals surface area contributed by atoms with Crippen molar-refractivity contribution in [3.05, 3.63) is 22.7 Å². The van der Waals surface area contributed by atoms with Gasteiger partial charge < -0.3 is 15.8 Å². The molecule has 0 aliphatic carbocycles. The van der Waals surface area contributed by atoms with Gasteiger partial charge in [0.1, 0.15) is 11.8 Å². The molecule has 3 amide bonds. The summed E-state index contributed by atoms with van der Waals surface area (Å²) in [6.07, 6.45) is 0. The summed E-state index contributed by atoms with van der Waals surface area (Å²) in [6.45, 7) is 1.62. The van der Waals surface area contributed by atoms with Gasteiger partial charge in [0.15, 0.2) is 0 Å². The number of rotatable bonds is 4. The minimum Gasteiger partial charge on any atom is -0.496 e. The molecule has 1 aromatic rings. The summed E-state index contributed by atoms with van der Waals surface area (Å²) in [6, 6.07) is 3.83. The van der Waals surface area contributed by atoms with Crippen molar-refractivity contribution in [2.24, 2.45) is 5.73 Å². The molecule has 1 aromatic carbocycles. The Morgan fingerprint density at radius 3 is 2.61 bits per heavy atom. The number of imide groups is 1. The van der Waals surface area contributed by atoms with E-state index in [9.17, 15) is 9.59 Å². The Morgan fingerprint density at radius 2 is 2.11 bits per heavy atom. The zero-order valence-electron chi connectivity index (χ0n) is 9.99. The Labute approximate surface area is 113 Å². The van der Waals surface area contributed by atoms with Crippen LogP contribution in [-0.2, 0) is 4.79 Å². The average Bonchev–Trinajstić information content (AvgIpc) is 2.28. The van der Waals surface area contributed by atoms with Gasteiger partial charge in [0.2, 0.25) is 5.91 Å². The number of amides is 3. The van der Waals surface area contributed by atoms with Crippen LogP contribution in [0.2, 0.25) is 0 Å². The lowest BCUT2D eigenvalue weighted by molar-refractivity contribution is -0.120. The second-order valence-corrected chi connectivity index (χ2v) is 4.42. The van der Waals surface area contributed by atoms with E-state index in [0.717, 1.165) is 10.2 Å². The number of carbonyl (C=O) groups is 2. The third kappa shape index (κ3) is 3.92. The number of carbonyl (C=O) groups excluding carboxylic acids is 2. The van der Waals surface area contributed by atoms with E-state index in [0.29, 0.717) is 5.75 Å². The van der Waals surface area contributed by atoms with Crippen LogP contribution >= 0.6 is 15.9 Å². The molecule has 98 valence electrons. The molecule has 0 saturated heterocycles. The van der Waals surface area contributed by atoms with Crippen LogP contribution in [-0.4, -0.2) is 25.1 Å². The van der Waals surface area contributed by atoms with E-state index in [1.807, 2.05) is 5.32 Å². The number of hydrogen-bond acceptors (Lipinski definition) is 4. The zero-order valence-corrected chi connectivity index (χ0v) is 11.6. The number of ether oxygens (including phenoxy) is 1. The van der Waals surface area contributed by atoms with Crippen LogP contribution in [0.4, 0.5) is 10.5 Å². The first-order chi connectivity index (χ1) is 8.43. The molecule has 18 heavy (non-hydrogen) atoms. The molecule has 0 heterocycles. The number of nitrogens with one attached hydrogen (secondary N) is 2. The molecule has 1 unspecified atom stereocenters. The number of urea groups is 1. The third-order valence-corrected chi connectivity index (χ3v) is 2.79. The van der Waals surface area contributed by atoms with E-state index in [2.05, 4.69) is 21.2 Å². The molecule has 1 rings (SSSR count). The zero-order chi connectivity index (χ0) is 13.7. The van der Waals surface area contributed by atoms with Gasteiger partial charge in [-0.1, -0.05) is 0 Å². The Bertz CT molecular complexity index is 465. The van der Waals surface area contributed by atoms with Crippen molar-refractivity contribution >= 4 is 33.6 Å². The van der Waals surface area contributed by atoms with Gasteiger partial charge in [0.25, 0.3) is 0 Å². The molecule has 1 atom stereocenters. The molecular formula is C11H14BrN3O3. The quantitative estimate of drug-likeness (QED) is 0.784. The van der Waals surface area contributed by atoms with Gasteiger partial charge in [-0.15, -0.1) is 0 Å². The largest absolute Gasteiger partial charge is 0.496 e. The average molecular weight is 316 g/mol. The number of primary amides is 1. The summed E-state index contributed by atoms with van der Waals surface area (Å²) < 4.78 is 5.85. The summed E-state index contributed by atoms with van der Waals surface area (Å²) >= 11 is 3.33. The van der Waals surface area contributed by atoms with Crippen LogP contribution in [0.25, 0.3) is 0 Å². The molecule has 7 heteroatoms. The number of benzene rings is 1. The molecule has 0 fully saturated rings. The van der Waals surface area contributed by atoms with Gasteiger partial charge in [0.05, 0.1) is 11.6 Å². The lowest BCUT2D eigenvalue weighted by atomic mass is 10.2. The summed E-state index contributed by atoms with van der Waals surface area (Å²) in [4.78, 5) is 22.0. The summed E-state index contributed by atoms with van der Waals surface area (Å²) in [5, 5.41) is 4.93. The van der Waals surface area contributed by atoms with Crippen molar-refractivity contribution in [3.8, 4) is 5.75 Å². The van der Waals surface area contributed by atoms with Gasteiger partial charge in [-0.05, 0) is 41.1 Å². The van der Waals surface area contributed by atoms with Crippen molar-refractivity contribution in [2.45, 2.75) is 13.0 Å². The number of hydrogen-bond donors (Lipinski definition) is 3. The molecule has 0 aromatic heterocycles. The predicted molar refractivity (Wildman–Crippen MR) is 71.5 cm³/mol. The van der Waals surface area contributed by atoms with E-state index < -0.39 is 18.0 Å². The molecule has 0 aliphatic rings. The van der Waals surface area contributed by atoms with Crippen molar-refractivity contribution in [3.63, 3.8) is 0 Å². The lowest BCUT2D eigenvalue weighted by Crippen LogP contribution is -2.43. The second-order valence-electron chi connectivity index (χ2n) is 3.57. The minimum atomic E-state index is -0.871. The molecule has 0 spiro atoms. The summed E-state index contributed by atoms with van der Waals surface area (Å²) in [5.41, 5.74) is 5.58. The van der Waals surface area contributed by atoms with Crippen LogP contribution in [0, 0.1) is 0 Å². The highest BCUT2D eigenvalue weighted by molar-refractivity contribution is 9.10. The fourth-order valence-electron chi connectivity index (χ4n) is 1.30. The smallest absolute Gasteiger partial charge is 0.318 e. The van der Waals surface area contributed by atoms with Crippen LogP contribution in [0.15, 0.2) is 22.7 Å². The van der Waals surface area contributed by atoms with Gasteiger partial charge in [0, 0.05) is 5.69 Å². The molecule has 0 saturated carbocycles. The maximum atomic E-state index is 11.5. The normalized spacial score (nSPS) is 11.5. The SMILES string of the molecule is COc1ccc(NC(C)C(=O)NC(N)=O)cc1Br. The Balaban J connectivity index is 2.70. The van der Waals surface area contributed by atoms with E-state index >= 15 is 0 Å². The predicted octanol–water partition coefficient (Wildman–Crippen LogP) is 1.45. The van der Waals surface area contributed by atoms with E-state index in [1.54, 1.807) is 32.2 Å². The Morgan fingerprint density at radius 1 is 1.44 bits per heavy atom. The highest BCUT2D eigenvalue weighted by atomic mass is 79.9. The van der Waals surface area contributed by atoms with E-state index in [4.69, 9.17) is 10.5 Å². The van der Waals surface area contributed by atoms with Crippen LogP contribution < -0.4 is 21.1 Å². The van der Waals surface area contributed by atoms with Crippen molar-refractivity contribution in [1.29, 1.82) is 0 Å². The first-order valence-electron chi connectivity index (χ1n) is 5.14. The van der Waals surface area contributed by atoms with Gasteiger partial charge in [-0.3, -0.25) is 10.1 Å². The van der Waals surface area contributed by atoms with Crippen LogP contribution in [0.3, 0.4) is 0 Å². The molecule has 0 radical (unpaired) electrons. The van der Waals surface area contributed by atoms with Crippen LogP contribution in [0.1, 0.15) is 6.92 Å². The molecule has 0 aliphatic heterocycles. The fourth-order valence-corrected chi connectivity index (χ4v) is 1.84. The van der Waals surface area contributed by atoms with Gasteiger partial charge in [-0.25, -0.2) is 4.79 Å². The topological polar surface area (TPSA) is 93.4 Å². The van der Waals surface area contributed by atoms with Gasteiger partial charge in [-0.2, -0.15) is 0 Å². The lowest BCUT2D eigenvalue weighted by Gasteiger charge is -2.14.